The largest absolute Gasteiger partial charge is 0.265 e. The normalized spacial score (nSPS) is 11.3. The van der Waals surface area contributed by atoms with Crippen molar-refractivity contribution in [3.05, 3.63) is 183 Å². The third-order valence-corrected chi connectivity index (χ3v) is 9.44. The molecule has 9 rings (SSSR count). The smallest absolute Gasteiger partial charge is 0.0346 e. The maximum Gasteiger partial charge on any atom is 0.0346 e. The lowest BCUT2D eigenvalue weighted by atomic mass is 9.85. The van der Waals surface area contributed by atoms with Gasteiger partial charge in [0, 0.05) is 35.9 Å². The molecule has 0 radical (unpaired) electrons. The Morgan fingerprint density at radius 1 is 0.292 bits per heavy atom. The van der Waals surface area contributed by atoms with Crippen molar-refractivity contribution >= 4 is 32.3 Å². The molecule has 0 bridgehead atoms. The van der Waals surface area contributed by atoms with E-state index in [9.17, 15) is 0 Å². The van der Waals surface area contributed by atoms with Crippen LogP contribution in [0.2, 0.25) is 0 Å². The zero-order valence-corrected chi connectivity index (χ0v) is 26.2. The van der Waals surface area contributed by atoms with Gasteiger partial charge in [-0.05, 0) is 101 Å². The van der Waals surface area contributed by atoms with E-state index in [1.807, 2.05) is 36.9 Å². The highest BCUT2D eigenvalue weighted by molar-refractivity contribution is 6.21. The quantitative estimate of drug-likeness (QED) is 0.181. The van der Waals surface area contributed by atoms with Gasteiger partial charge in [0.1, 0.15) is 0 Å². The molecule has 0 atom stereocenters. The third-order valence-electron chi connectivity index (χ3n) is 9.44. The fourth-order valence-corrected chi connectivity index (χ4v) is 7.20. The molecule has 0 N–H and O–H groups in total. The van der Waals surface area contributed by atoms with Crippen molar-refractivity contribution in [2.24, 2.45) is 0 Å². The Labute approximate surface area is 279 Å². The molecule has 0 saturated heterocycles. The number of pyridine rings is 2. The Hall–Kier alpha value is -6.38. The molecule has 2 heteroatoms. The van der Waals surface area contributed by atoms with Gasteiger partial charge < -0.3 is 0 Å². The molecule has 2 nitrogen and oxygen atoms in total. The van der Waals surface area contributed by atoms with E-state index in [0.717, 1.165) is 22.3 Å². The lowest BCUT2D eigenvalue weighted by molar-refractivity contribution is 1.30. The summed E-state index contributed by atoms with van der Waals surface area (Å²) < 4.78 is 0. The summed E-state index contributed by atoms with van der Waals surface area (Å²) in [4.78, 5) is 8.78. The van der Waals surface area contributed by atoms with Crippen LogP contribution in [0.5, 0.6) is 0 Å². The highest BCUT2D eigenvalue weighted by atomic mass is 14.6. The summed E-state index contributed by atoms with van der Waals surface area (Å²) in [6.07, 6.45) is 7.51. The molecule has 0 fully saturated rings. The molecule has 2 aromatic heterocycles. The van der Waals surface area contributed by atoms with Gasteiger partial charge in [0.25, 0.3) is 0 Å². The summed E-state index contributed by atoms with van der Waals surface area (Å²) in [5.74, 6) is 0. The second-order valence-corrected chi connectivity index (χ2v) is 12.2. The van der Waals surface area contributed by atoms with Crippen LogP contribution in [0.4, 0.5) is 0 Å². The van der Waals surface area contributed by atoms with Crippen molar-refractivity contribution in [1.29, 1.82) is 0 Å². The molecule has 2 heterocycles. The number of nitrogens with zero attached hydrogens (tertiary/aromatic N) is 2. The zero-order valence-electron chi connectivity index (χ0n) is 26.2. The monoisotopic (exact) mass is 610 g/mol. The van der Waals surface area contributed by atoms with E-state index in [2.05, 4.69) is 156 Å². The Bertz CT molecular complexity index is 2540. The molecule has 0 unspecified atom stereocenters. The Morgan fingerprint density at radius 2 is 0.792 bits per heavy atom. The summed E-state index contributed by atoms with van der Waals surface area (Å²) in [6.45, 7) is 0. The second-order valence-electron chi connectivity index (χ2n) is 12.2. The van der Waals surface area contributed by atoms with Gasteiger partial charge in [-0.3, -0.25) is 9.97 Å². The molecule has 0 aliphatic rings. The number of benzene rings is 7. The number of hydrogen-bond donors (Lipinski definition) is 0. The first-order valence-electron chi connectivity index (χ1n) is 16.3. The fourth-order valence-electron chi connectivity index (χ4n) is 7.20. The molecule has 0 amide bonds. The summed E-state index contributed by atoms with van der Waals surface area (Å²) in [5.41, 5.74) is 11.8. The number of aromatic nitrogens is 2. The van der Waals surface area contributed by atoms with Crippen LogP contribution in [-0.4, -0.2) is 9.97 Å². The van der Waals surface area contributed by atoms with E-state index in [4.69, 9.17) is 0 Å². The Morgan fingerprint density at radius 3 is 1.48 bits per heavy atom. The molecule has 48 heavy (non-hydrogen) atoms. The van der Waals surface area contributed by atoms with Crippen molar-refractivity contribution in [3.63, 3.8) is 0 Å². The standard InChI is InChI=1S/C46H30N2/c1-2-13-39-32(9-1)10-8-18-40(39)33-19-21-34(22-20-33)45-41-14-3-5-16-43(41)46(44-17-6-4-15-42(44)45)36-12-7-11-35(27-36)38-28-37(29-48-30-38)31-23-25-47-26-24-31/h1-30H. The van der Waals surface area contributed by atoms with Crippen molar-refractivity contribution in [1.82, 2.24) is 9.97 Å². The third kappa shape index (κ3) is 4.83. The predicted octanol–water partition coefficient (Wildman–Crippen LogP) is 12.3. The van der Waals surface area contributed by atoms with Gasteiger partial charge in [0.15, 0.2) is 0 Å². The van der Waals surface area contributed by atoms with Gasteiger partial charge in [-0.2, -0.15) is 0 Å². The highest BCUT2D eigenvalue weighted by Gasteiger charge is 2.17. The topological polar surface area (TPSA) is 25.8 Å². The van der Waals surface area contributed by atoms with Crippen LogP contribution < -0.4 is 0 Å². The molecule has 7 aromatic carbocycles. The SMILES string of the molecule is c1cc(-c2cncc(-c3ccncc3)c2)cc(-c2c3ccccc3c(-c3ccc(-c4cccc5ccccc45)cc3)c3ccccc23)c1. The molecular weight excluding hydrogens is 581 g/mol. The van der Waals surface area contributed by atoms with Gasteiger partial charge in [0.2, 0.25) is 0 Å². The summed E-state index contributed by atoms with van der Waals surface area (Å²) in [7, 11) is 0. The van der Waals surface area contributed by atoms with Gasteiger partial charge in [-0.1, -0.05) is 133 Å². The minimum Gasteiger partial charge on any atom is -0.265 e. The average molecular weight is 611 g/mol. The van der Waals surface area contributed by atoms with Crippen molar-refractivity contribution in [2.75, 3.05) is 0 Å². The van der Waals surface area contributed by atoms with E-state index in [1.165, 1.54) is 65.7 Å². The van der Waals surface area contributed by atoms with Crippen molar-refractivity contribution in [3.8, 4) is 55.6 Å². The summed E-state index contributed by atoms with van der Waals surface area (Å²) in [5, 5.41) is 7.51. The van der Waals surface area contributed by atoms with E-state index < -0.39 is 0 Å². The molecule has 224 valence electrons. The lowest BCUT2D eigenvalue weighted by Gasteiger charge is -2.18. The van der Waals surface area contributed by atoms with E-state index >= 15 is 0 Å². The van der Waals surface area contributed by atoms with E-state index in [1.54, 1.807) is 0 Å². The minimum atomic E-state index is 1.08. The van der Waals surface area contributed by atoms with Crippen LogP contribution in [0, 0.1) is 0 Å². The maximum absolute atomic E-state index is 4.60. The Kier molecular flexibility index (Phi) is 6.84. The van der Waals surface area contributed by atoms with Crippen LogP contribution in [0.1, 0.15) is 0 Å². The van der Waals surface area contributed by atoms with Crippen LogP contribution in [0.25, 0.3) is 88.0 Å². The maximum atomic E-state index is 4.60. The predicted molar refractivity (Wildman–Crippen MR) is 202 cm³/mol. The molecule has 9 aromatic rings. The lowest BCUT2D eigenvalue weighted by Crippen LogP contribution is -1.91. The van der Waals surface area contributed by atoms with E-state index in [0.29, 0.717) is 0 Å². The molecule has 0 spiro atoms. The minimum absolute atomic E-state index is 1.08. The fraction of sp³-hybridized carbons (Fsp3) is 0. The van der Waals surface area contributed by atoms with Gasteiger partial charge in [0.05, 0.1) is 0 Å². The highest BCUT2D eigenvalue weighted by Crippen LogP contribution is 2.44. The first-order chi connectivity index (χ1) is 23.8. The summed E-state index contributed by atoms with van der Waals surface area (Å²) in [6, 6.07) is 57.1. The second kappa shape index (κ2) is 11.8. The molecule has 0 aliphatic heterocycles. The first kappa shape index (κ1) is 27.9. The van der Waals surface area contributed by atoms with E-state index in [-0.39, 0.29) is 0 Å². The van der Waals surface area contributed by atoms with Crippen molar-refractivity contribution in [2.45, 2.75) is 0 Å². The molecule has 0 aliphatic carbocycles. The van der Waals surface area contributed by atoms with Gasteiger partial charge in [-0.25, -0.2) is 0 Å². The van der Waals surface area contributed by atoms with Crippen LogP contribution >= 0.6 is 0 Å². The summed E-state index contributed by atoms with van der Waals surface area (Å²) >= 11 is 0. The zero-order chi connectivity index (χ0) is 31.9. The first-order valence-corrected chi connectivity index (χ1v) is 16.3. The van der Waals surface area contributed by atoms with Crippen LogP contribution in [0.15, 0.2) is 183 Å². The average Bonchev–Trinajstić information content (AvgIpc) is 3.17. The van der Waals surface area contributed by atoms with Crippen LogP contribution in [-0.2, 0) is 0 Å². The Balaban J connectivity index is 1.19. The van der Waals surface area contributed by atoms with Gasteiger partial charge in [-0.15, -0.1) is 0 Å². The number of rotatable bonds is 5. The van der Waals surface area contributed by atoms with Gasteiger partial charge >= 0.3 is 0 Å². The van der Waals surface area contributed by atoms with Crippen molar-refractivity contribution < 1.29 is 0 Å². The molecular formula is C46H30N2. The van der Waals surface area contributed by atoms with Crippen LogP contribution in [0.3, 0.4) is 0 Å². The number of fused-ring (bicyclic) bond motifs is 3. The number of hydrogen-bond acceptors (Lipinski definition) is 2. The molecule has 0 saturated carbocycles.